The quantitative estimate of drug-likeness (QED) is 0.622. The fraction of sp³-hybridized carbons (Fsp3) is 1.00. The number of ether oxygens (including phenoxy) is 1. The van der Waals surface area contributed by atoms with E-state index in [4.69, 9.17) is 4.74 Å². The Hall–Kier alpha value is -0.0900. The molecule has 0 amide bonds. The highest BCUT2D eigenvalue weighted by Gasteiger charge is 2.28. The molecule has 0 aliphatic carbocycles. The minimum absolute atomic E-state index is 0.235. The standard InChI is InChI=1S/C7H14O3S/c1-10-6-7-4-2-3-5-11(7,8)9/h7H,2-6H2,1H3. The van der Waals surface area contributed by atoms with Gasteiger partial charge in [0.25, 0.3) is 0 Å². The zero-order valence-corrected chi connectivity index (χ0v) is 7.56. The Morgan fingerprint density at radius 1 is 1.45 bits per heavy atom. The van der Waals surface area contributed by atoms with Crippen LogP contribution in [0.2, 0.25) is 0 Å². The van der Waals surface area contributed by atoms with Crippen LogP contribution in [0.5, 0.6) is 0 Å². The lowest BCUT2D eigenvalue weighted by atomic mass is 10.2. The summed E-state index contributed by atoms with van der Waals surface area (Å²) in [6.07, 6.45) is 2.62. The van der Waals surface area contributed by atoms with Crippen LogP contribution >= 0.6 is 0 Å². The van der Waals surface area contributed by atoms with E-state index in [0.717, 1.165) is 19.3 Å². The third-order valence-electron chi connectivity index (χ3n) is 2.07. The summed E-state index contributed by atoms with van der Waals surface area (Å²) in [4.78, 5) is 0. The lowest BCUT2D eigenvalue weighted by molar-refractivity contribution is 0.192. The molecule has 1 heterocycles. The van der Waals surface area contributed by atoms with E-state index in [1.165, 1.54) is 0 Å². The minimum Gasteiger partial charge on any atom is -0.383 e. The zero-order valence-electron chi connectivity index (χ0n) is 6.75. The third kappa shape index (κ3) is 2.17. The molecule has 1 atom stereocenters. The van der Waals surface area contributed by atoms with Crippen molar-refractivity contribution in [3.8, 4) is 0 Å². The van der Waals surface area contributed by atoms with Crippen molar-refractivity contribution < 1.29 is 13.2 Å². The molecule has 1 unspecified atom stereocenters. The van der Waals surface area contributed by atoms with Crippen LogP contribution in [0.1, 0.15) is 19.3 Å². The molecule has 0 aromatic carbocycles. The van der Waals surface area contributed by atoms with Gasteiger partial charge < -0.3 is 4.74 Å². The fourth-order valence-corrected chi connectivity index (χ4v) is 3.20. The third-order valence-corrected chi connectivity index (χ3v) is 4.31. The average molecular weight is 178 g/mol. The van der Waals surface area contributed by atoms with Crippen molar-refractivity contribution in [3.63, 3.8) is 0 Å². The maximum atomic E-state index is 11.3. The van der Waals surface area contributed by atoms with Crippen molar-refractivity contribution in [2.24, 2.45) is 0 Å². The van der Waals surface area contributed by atoms with Crippen LogP contribution in [0.15, 0.2) is 0 Å². The highest BCUT2D eigenvalue weighted by Crippen LogP contribution is 2.19. The molecular formula is C7H14O3S. The molecule has 66 valence electrons. The van der Waals surface area contributed by atoms with Crippen LogP contribution in [0, 0.1) is 0 Å². The van der Waals surface area contributed by atoms with Crippen LogP contribution in [0.4, 0.5) is 0 Å². The highest BCUT2D eigenvalue weighted by molar-refractivity contribution is 7.92. The zero-order chi connectivity index (χ0) is 8.32. The van der Waals surface area contributed by atoms with Gasteiger partial charge in [-0.3, -0.25) is 0 Å². The first-order chi connectivity index (χ1) is 5.17. The Morgan fingerprint density at radius 3 is 2.73 bits per heavy atom. The van der Waals surface area contributed by atoms with Crippen molar-refractivity contribution in [3.05, 3.63) is 0 Å². The van der Waals surface area contributed by atoms with Gasteiger partial charge >= 0.3 is 0 Å². The van der Waals surface area contributed by atoms with E-state index in [-0.39, 0.29) is 5.25 Å². The highest BCUT2D eigenvalue weighted by atomic mass is 32.2. The van der Waals surface area contributed by atoms with Crippen molar-refractivity contribution in [2.45, 2.75) is 24.5 Å². The van der Waals surface area contributed by atoms with E-state index in [1.54, 1.807) is 7.11 Å². The normalized spacial score (nSPS) is 30.1. The van der Waals surface area contributed by atoms with Crippen LogP contribution in [0.3, 0.4) is 0 Å². The summed E-state index contributed by atoms with van der Waals surface area (Å²) >= 11 is 0. The van der Waals surface area contributed by atoms with Crippen LogP contribution < -0.4 is 0 Å². The van der Waals surface area contributed by atoms with Gasteiger partial charge in [-0.1, -0.05) is 6.42 Å². The minimum atomic E-state index is -2.81. The van der Waals surface area contributed by atoms with Crippen molar-refractivity contribution in [2.75, 3.05) is 19.5 Å². The van der Waals surface area contributed by atoms with Gasteiger partial charge in [0, 0.05) is 7.11 Å². The molecule has 1 rings (SSSR count). The van der Waals surface area contributed by atoms with E-state index in [0.29, 0.717) is 12.4 Å². The first kappa shape index (κ1) is 9.00. The predicted molar refractivity (Wildman–Crippen MR) is 43.3 cm³/mol. The molecule has 1 saturated heterocycles. The van der Waals surface area contributed by atoms with Crippen molar-refractivity contribution >= 4 is 9.84 Å². The molecule has 0 N–H and O–H groups in total. The molecule has 0 saturated carbocycles. The summed E-state index contributed by atoms with van der Waals surface area (Å²) in [6.45, 7) is 0.363. The largest absolute Gasteiger partial charge is 0.383 e. The van der Waals surface area contributed by atoms with Gasteiger partial charge in [-0.05, 0) is 12.8 Å². The van der Waals surface area contributed by atoms with E-state index in [9.17, 15) is 8.42 Å². The molecule has 4 heteroatoms. The second kappa shape index (κ2) is 3.54. The number of hydrogen-bond acceptors (Lipinski definition) is 3. The second-order valence-electron chi connectivity index (χ2n) is 2.94. The SMILES string of the molecule is COCC1CCCCS1(=O)=O. The summed E-state index contributed by atoms with van der Waals surface area (Å²) < 4.78 is 27.4. The van der Waals surface area contributed by atoms with Gasteiger partial charge in [-0.15, -0.1) is 0 Å². The number of sulfone groups is 1. The molecule has 0 aromatic rings. The van der Waals surface area contributed by atoms with Crippen LogP contribution in [-0.2, 0) is 14.6 Å². The predicted octanol–water partition coefficient (Wildman–Crippen LogP) is 0.600. The monoisotopic (exact) mass is 178 g/mol. The Balaban J connectivity index is 2.60. The Labute approximate surface area is 67.7 Å². The smallest absolute Gasteiger partial charge is 0.155 e. The van der Waals surface area contributed by atoms with Gasteiger partial charge in [-0.2, -0.15) is 0 Å². The van der Waals surface area contributed by atoms with Crippen molar-refractivity contribution in [1.29, 1.82) is 0 Å². The van der Waals surface area contributed by atoms with E-state index in [1.807, 2.05) is 0 Å². The molecule has 0 spiro atoms. The Morgan fingerprint density at radius 2 is 2.18 bits per heavy atom. The number of rotatable bonds is 2. The number of hydrogen-bond donors (Lipinski definition) is 0. The Bertz CT molecular complexity index is 206. The molecule has 11 heavy (non-hydrogen) atoms. The molecule has 1 fully saturated rings. The second-order valence-corrected chi connectivity index (χ2v) is 5.34. The number of methoxy groups -OCH3 is 1. The molecule has 1 aliphatic heterocycles. The Kier molecular flexibility index (Phi) is 2.90. The van der Waals surface area contributed by atoms with E-state index in [2.05, 4.69) is 0 Å². The molecular weight excluding hydrogens is 164 g/mol. The van der Waals surface area contributed by atoms with Crippen LogP contribution in [0.25, 0.3) is 0 Å². The summed E-state index contributed by atoms with van der Waals surface area (Å²) in [5, 5.41) is -0.235. The molecule has 0 bridgehead atoms. The van der Waals surface area contributed by atoms with Crippen molar-refractivity contribution in [1.82, 2.24) is 0 Å². The average Bonchev–Trinajstić information content (AvgIpc) is 1.94. The molecule has 0 aromatic heterocycles. The molecule has 3 nitrogen and oxygen atoms in total. The first-order valence-electron chi connectivity index (χ1n) is 3.87. The van der Waals surface area contributed by atoms with E-state index < -0.39 is 9.84 Å². The lowest BCUT2D eigenvalue weighted by Gasteiger charge is -2.20. The van der Waals surface area contributed by atoms with E-state index >= 15 is 0 Å². The summed E-state index contributed by atoms with van der Waals surface area (Å²) in [6, 6.07) is 0. The summed E-state index contributed by atoms with van der Waals surface area (Å²) in [5.41, 5.74) is 0. The van der Waals surface area contributed by atoms with Gasteiger partial charge in [0.2, 0.25) is 0 Å². The first-order valence-corrected chi connectivity index (χ1v) is 5.59. The summed E-state index contributed by atoms with van der Waals surface area (Å²) in [5.74, 6) is 0.348. The van der Waals surface area contributed by atoms with Gasteiger partial charge in [0.05, 0.1) is 17.6 Å². The van der Waals surface area contributed by atoms with Gasteiger partial charge in [-0.25, -0.2) is 8.42 Å². The van der Waals surface area contributed by atoms with Gasteiger partial charge in [0.1, 0.15) is 0 Å². The fourth-order valence-electron chi connectivity index (χ4n) is 1.39. The maximum absolute atomic E-state index is 11.3. The lowest BCUT2D eigenvalue weighted by Crippen LogP contribution is -2.31. The maximum Gasteiger partial charge on any atom is 0.155 e. The molecule has 0 radical (unpaired) electrons. The van der Waals surface area contributed by atoms with Crippen LogP contribution in [-0.4, -0.2) is 33.1 Å². The molecule has 1 aliphatic rings. The topological polar surface area (TPSA) is 43.4 Å². The van der Waals surface area contributed by atoms with Gasteiger partial charge in [0.15, 0.2) is 9.84 Å². The summed E-state index contributed by atoms with van der Waals surface area (Å²) in [7, 11) is -1.26.